The molecule has 0 unspecified atom stereocenters. The van der Waals surface area contributed by atoms with Crippen molar-refractivity contribution in [3.8, 4) is 11.5 Å². The van der Waals surface area contributed by atoms with E-state index in [0.717, 1.165) is 10.6 Å². The van der Waals surface area contributed by atoms with Gasteiger partial charge in [0.25, 0.3) is 10.6 Å². The number of halogens is 1. The van der Waals surface area contributed by atoms with Crippen molar-refractivity contribution in [3.05, 3.63) is 70.3 Å². The molecular formula is C17H17BrN3+. The molecule has 0 N–H and O–H groups in total. The number of pyridine rings is 1. The fraction of sp³-hybridized carbons (Fsp3) is 0.176. The zero-order valence-corrected chi connectivity index (χ0v) is 13.9. The van der Waals surface area contributed by atoms with E-state index in [4.69, 9.17) is 0 Å². The maximum Gasteiger partial charge on any atom is 0.282 e. The van der Waals surface area contributed by atoms with Crippen LogP contribution in [0.4, 0.5) is 0 Å². The van der Waals surface area contributed by atoms with Crippen LogP contribution in [-0.4, -0.2) is 9.55 Å². The molecule has 0 radical (unpaired) electrons. The van der Waals surface area contributed by atoms with E-state index in [-0.39, 0.29) is 0 Å². The maximum atomic E-state index is 4.40. The van der Waals surface area contributed by atoms with Crippen molar-refractivity contribution in [3.63, 3.8) is 0 Å². The monoisotopic (exact) mass is 342 g/mol. The van der Waals surface area contributed by atoms with Crippen molar-refractivity contribution >= 4 is 15.9 Å². The van der Waals surface area contributed by atoms with Crippen LogP contribution in [0.25, 0.3) is 11.5 Å². The minimum Gasteiger partial charge on any atom is -0.223 e. The first kappa shape index (κ1) is 14.0. The first-order valence-electron chi connectivity index (χ1n) is 6.86. The molecule has 3 rings (SSSR count). The molecule has 0 amide bonds. The van der Waals surface area contributed by atoms with Crippen LogP contribution < -0.4 is 4.57 Å². The van der Waals surface area contributed by atoms with Crippen molar-refractivity contribution in [2.75, 3.05) is 0 Å². The van der Waals surface area contributed by atoms with Gasteiger partial charge in [0.05, 0.1) is 0 Å². The quantitative estimate of drug-likeness (QED) is 0.648. The van der Waals surface area contributed by atoms with E-state index in [1.165, 1.54) is 22.4 Å². The molecule has 2 heterocycles. The molecule has 0 fully saturated rings. The number of benzene rings is 1. The number of imidazole rings is 1. The van der Waals surface area contributed by atoms with Crippen LogP contribution in [0.2, 0.25) is 0 Å². The summed E-state index contributed by atoms with van der Waals surface area (Å²) < 4.78 is 5.13. The van der Waals surface area contributed by atoms with Gasteiger partial charge in [-0.25, -0.2) is 4.57 Å². The third-order valence-electron chi connectivity index (χ3n) is 3.53. The fourth-order valence-electron chi connectivity index (χ4n) is 2.76. The molecule has 0 bridgehead atoms. The first-order chi connectivity index (χ1) is 10.1. The van der Waals surface area contributed by atoms with Crippen molar-refractivity contribution in [1.29, 1.82) is 0 Å². The van der Waals surface area contributed by atoms with Gasteiger partial charge in [-0.3, -0.25) is 0 Å². The van der Waals surface area contributed by atoms with Gasteiger partial charge in [-0.05, 0) is 38.0 Å². The molecule has 0 saturated carbocycles. The van der Waals surface area contributed by atoms with E-state index in [1.54, 1.807) is 6.20 Å². The zero-order valence-electron chi connectivity index (χ0n) is 12.3. The van der Waals surface area contributed by atoms with E-state index in [2.05, 4.69) is 64.6 Å². The predicted molar refractivity (Wildman–Crippen MR) is 87.0 cm³/mol. The Morgan fingerprint density at radius 2 is 1.81 bits per heavy atom. The predicted octanol–water partition coefficient (Wildman–Crippen LogP) is 3.84. The Hall–Kier alpha value is -1.94. The summed E-state index contributed by atoms with van der Waals surface area (Å²) in [7, 11) is 0. The molecule has 0 saturated heterocycles. The topological polar surface area (TPSA) is 21.7 Å². The average Bonchev–Trinajstić information content (AvgIpc) is 2.81. The minimum absolute atomic E-state index is 0.894. The third kappa shape index (κ3) is 2.51. The molecule has 0 atom stereocenters. The number of nitrogens with zero attached hydrogens (tertiary/aromatic N) is 3. The normalized spacial score (nSPS) is 10.9. The highest BCUT2D eigenvalue weighted by molar-refractivity contribution is 9.10. The summed E-state index contributed by atoms with van der Waals surface area (Å²) in [5.74, 6) is 0.894. The lowest BCUT2D eigenvalue weighted by atomic mass is 10.1. The number of aromatic nitrogens is 3. The Bertz CT molecular complexity index is 768. The second kappa shape index (κ2) is 5.45. The highest BCUT2D eigenvalue weighted by Crippen LogP contribution is 2.24. The van der Waals surface area contributed by atoms with Crippen molar-refractivity contribution in [1.82, 2.24) is 9.55 Å². The summed E-state index contributed by atoms with van der Waals surface area (Å²) >= 11 is 3.70. The smallest absolute Gasteiger partial charge is 0.223 e. The Kier molecular flexibility index (Phi) is 3.64. The van der Waals surface area contributed by atoms with Gasteiger partial charge in [0.2, 0.25) is 0 Å². The Morgan fingerprint density at radius 1 is 1.10 bits per heavy atom. The lowest BCUT2D eigenvalue weighted by molar-refractivity contribution is -0.610. The van der Waals surface area contributed by atoms with Gasteiger partial charge in [-0.2, -0.15) is 4.57 Å². The molecule has 1 aromatic carbocycles. The molecule has 0 aliphatic carbocycles. The van der Waals surface area contributed by atoms with E-state index >= 15 is 0 Å². The SMILES string of the molecule is Cc1cc(C)c(-n2cc[n+](-c3ccccn3)c2Br)c(C)c1. The molecule has 0 spiro atoms. The molecular weight excluding hydrogens is 326 g/mol. The van der Waals surface area contributed by atoms with Crippen LogP contribution in [0, 0.1) is 20.8 Å². The molecule has 4 heteroatoms. The Labute approximate surface area is 133 Å². The summed E-state index contributed by atoms with van der Waals surface area (Å²) in [5, 5.41) is 0. The van der Waals surface area contributed by atoms with Crippen LogP contribution in [-0.2, 0) is 0 Å². The van der Waals surface area contributed by atoms with Crippen molar-refractivity contribution in [2.45, 2.75) is 20.8 Å². The minimum atomic E-state index is 0.894. The van der Waals surface area contributed by atoms with E-state index < -0.39 is 0 Å². The molecule has 3 aromatic rings. The number of hydrogen-bond acceptors (Lipinski definition) is 1. The van der Waals surface area contributed by atoms with Crippen LogP contribution in [0.15, 0.2) is 53.7 Å². The number of aryl methyl sites for hydroxylation is 3. The average molecular weight is 343 g/mol. The molecule has 0 aliphatic heterocycles. The maximum absolute atomic E-state index is 4.40. The van der Waals surface area contributed by atoms with Crippen molar-refractivity contribution in [2.24, 2.45) is 0 Å². The summed E-state index contributed by atoms with van der Waals surface area (Å²) in [6, 6.07) is 10.3. The Morgan fingerprint density at radius 3 is 2.43 bits per heavy atom. The highest BCUT2D eigenvalue weighted by Gasteiger charge is 2.19. The summed E-state index contributed by atoms with van der Waals surface area (Å²) in [6.45, 7) is 6.42. The highest BCUT2D eigenvalue weighted by atomic mass is 79.9. The first-order valence-corrected chi connectivity index (χ1v) is 7.65. The van der Waals surface area contributed by atoms with Gasteiger partial charge >= 0.3 is 0 Å². The molecule has 2 aromatic heterocycles. The van der Waals surface area contributed by atoms with Gasteiger partial charge in [0.1, 0.15) is 24.3 Å². The lowest BCUT2D eigenvalue weighted by Crippen LogP contribution is -2.31. The van der Waals surface area contributed by atoms with Gasteiger partial charge in [-0.1, -0.05) is 23.8 Å². The number of rotatable bonds is 2. The summed E-state index contributed by atoms with van der Waals surface area (Å²) in [4.78, 5) is 4.40. The molecule has 106 valence electrons. The van der Waals surface area contributed by atoms with Gasteiger partial charge < -0.3 is 0 Å². The second-order valence-corrected chi connectivity index (χ2v) is 5.95. The van der Waals surface area contributed by atoms with E-state index in [9.17, 15) is 0 Å². The van der Waals surface area contributed by atoms with Crippen molar-refractivity contribution < 1.29 is 4.57 Å². The van der Waals surface area contributed by atoms with Crippen LogP contribution >= 0.6 is 15.9 Å². The van der Waals surface area contributed by atoms with Gasteiger partial charge in [0.15, 0.2) is 0 Å². The fourth-order valence-corrected chi connectivity index (χ4v) is 3.35. The lowest BCUT2D eigenvalue weighted by Gasteiger charge is -2.09. The van der Waals surface area contributed by atoms with Crippen LogP contribution in [0.1, 0.15) is 16.7 Å². The van der Waals surface area contributed by atoms with E-state index in [1.807, 2.05) is 29.0 Å². The molecule has 21 heavy (non-hydrogen) atoms. The second-order valence-electron chi connectivity index (χ2n) is 5.24. The van der Waals surface area contributed by atoms with E-state index in [0.29, 0.717) is 0 Å². The van der Waals surface area contributed by atoms with Gasteiger partial charge in [0, 0.05) is 22.0 Å². The summed E-state index contributed by atoms with van der Waals surface area (Å²) in [6.07, 6.45) is 5.88. The standard InChI is InChI=1S/C17H17BrN3/c1-12-10-13(2)16(14(3)11-12)21-9-8-20(17(21)18)15-6-4-5-7-19-15/h4-11H,1-3H3/q+1. The third-order valence-corrected chi connectivity index (χ3v) is 4.30. The van der Waals surface area contributed by atoms with Crippen LogP contribution in [0.5, 0.6) is 0 Å². The van der Waals surface area contributed by atoms with Crippen LogP contribution in [0.3, 0.4) is 0 Å². The molecule has 3 nitrogen and oxygen atoms in total. The summed E-state index contributed by atoms with van der Waals surface area (Å²) in [5.41, 5.74) is 5.02. The molecule has 0 aliphatic rings. The zero-order chi connectivity index (χ0) is 15.0. The van der Waals surface area contributed by atoms with Gasteiger partial charge in [-0.15, -0.1) is 4.98 Å². The Balaban J connectivity index is 2.16. The number of hydrogen-bond donors (Lipinski definition) is 0. The largest absolute Gasteiger partial charge is 0.282 e.